The van der Waals surface area contributed by atoms with Crippen LogP contribution in [-0.4, -0.2) is 34.3 Å². The van der Waals surface area contributed by atoms with Gasteiger partial charge < -0.3 is 10.2 Å². The topological polar surface area (TPSA) is 49.4 Å². The second-order valence-electron chi connectivity index (χ2n) is 5.72. The van der Waals surface area contributed by atoms with Gasteiger partial charge in [-0.1, -0.05) is 13.8 Å². The summed E-state index contributed by atoms with van der Waals surface area (Å²) in [5.74, 6) is 0.467. The first-order valence-electron chi connectivity index (χ1n) is 7.11. The predicted molar refractivity (Wildman–Crippen MR) is 70.0 cm³/mol. The fourth-order valence-electron chi connectivity index (χ4n) is 3.34. The van der Waals surface area contributed by atoms with E-state index in [0.29, 0.717) is 25.3 Å². The SMILES string of the molecule is CCN1C(=O)C(C)(C2CC2)NC(=O)C1(CC)CC. The standard InChI is InChI=1S/C14H24N2O2/c1-5-14(6-2)11(17)15-13(4,10-8-9-10)12(18)16(14)7-3/h10H,5-9H2,1-4H3,(H,15,17). The van der Waals surface area contributed by atoms with Crippen LogP contribution in [0, 0.1) is 5.92 Å². The Morgan fingerprint density at radius 2 is 1.78 bits per heavy atom. The van der Waals surface area contributed by atoms with Gasteiger partial charge in [-0.05, 0) is 45.4 Å². The molecule has 4 nitrogen and oxygen atoms in total. The largest absolute Gasteiger partial charge is 0.340 e. The van der Waals surface area contributed by atoms with Crippen LogP contribution in [-0.2, 0) is 9.59 Å². The van der Waals surface area contributed by atoms with Gasteiger partial charge in [0.15, 0.2) is 0 Å². The van der Waals surface area contributed by atoms with E-state index >= 15 is 0 Å². The van der Waals surface area contributed by atoms with Crippen molar-refractivity contribution in [3.8, 4) is 0 Å². The van der Waals surface area contributed by atoms with Crippen LogP contribution in [0.4, 0.5) is 0 Å². The third kappa shape index (κ3) is 1.57. The van der Waals surface area contributed by atoms with Crippen LogP contribution in [0.2, 0.25) is 0 Å². The summed E-state index contributed by atoms with van der Waals surface area (Å²) in [6.45, 7) is 8.43. The summed E-state index contributed by atoms with van der Waals surface area (Å²) < 4.78 is 0. The number of nitrogens with one attached hydrogen (secondary N) is 1. The zero-order valence-electron chi connectivity index (χ0n) is 11.9. The maximum absolute atomic E-state index is 12.7. The molecule has 1 heterocycles. The maximum atomic E-state index is 12.7. The summed E-state index contributed by atoms with van der Waals surface area (Å²) in [7, 11) is 0. The molecule has 4 heteroatoms. The molecule has 0 bridgehead atoms. The first-order chi connectivity index (χ1) is 8.46. The molecule has 1 saturated carbocycles. The van der Waals surface area contributed by atoms with Crippen LogP contribution in [0.3, 0.4) is 0 Å². The van der Waals surface area contributed by atoms with Gasteiger partial charge in [0, 0.05) is 6.54 Å². The van der Waals surface area contributed by atoms with Crippen molar-refractivity contribution in [1.82, 2.24) is 10.2 Å². The maximum Gasteiger partial charge on any atom is 0.249 e. The molecule has 0 aromatic heterocycles. The Bertz CT molecular complexity index is 372. The monoisotopic (exact) mass is 252 g/mol. The summed E-state index contributed by atoms with van der Waals surface area (Å²) in [5, 5.41) is 3.03. The lowest BCUT2D eigenvalue weighted by Gasteiger charge is -2.51. The highest BCUT2D eigenvalue weighted by molar-refractivity contribution is 6.02. The zero-order chi connectivity index (χ0) is 13.6. The van der Waals surface area contributed by atoms with E-state index < -0.39 is 11.1 Å². The summed E-state index contributed by atoms with van der Waals surface area (Å²) in [6, 6.07) is 0. The lowest BCUT2D eigenvalue weighted by Crippen LogP contribution is -2.75. The van der Waals surface area contributed by atoms with Gasteiger partial charge in [-0.15, -0.1) is 0 Å². The first-order valence-corrected chi connectivity index (χ1v) is 7.11. The van der Waals surface area contributed by atoms with Crippen LogP contribution in [0.5, 0.6) is 0 Å². The molecule has 1 atom stereocenters. The Morgan fingerprint density at radius 1 is 1.22 bits per heavy atom. The van der Waals surface area contributed by atoms with Gasteiger partial charge in [0.05, 0.1) is 0 Å². The number of rotatable bonds is 4. The fraction of sp³-hybridized carbons (Fsp3) is 0.857. The molecule has 0 radical (unpaired) electrons. The highest BCUT2D eigenvalue weighted by Gasteiger charge is 2.59. The summed E-state index contributed by atoms with van der Waals surface area (Å²) in [6.07, 6.45) is 3.45. The molecule has 2 aliphatic rings. The number of amides is 2. The molecule has 1 N–H and O–H groups in total. The average molecular weight is 252 g/mol. The molecule has 2 amide bonds. The minimum atomic E-state index is -0.666. The number of carbonyl (C=O) groups is 2. The number of nitrogens with zero attached hydrogens (tertiary/aromatic N) is 1. The molecule has 102 valence electrons. The summed E-state index contributed by atoms with van der Waals surface area (Å²) in [4.78, 5) is 27.1. The highest BCUT2D eigenvalue weighted by Crippen LogP contribution is 2.44. The van der Waals surface area contributed by atoms with Crippen molar-refractivity contribution in [2.75, 3.05) is 6.54 Å². The Morgan fingerprint density at radius 3 is 2.17 bits per heavy atom. The molecule has 1 aliphatic heterocycles. The third-order valence-electron chi connectivity index (χ3n) is 4.88. The van der Waals surface area contributed by atoms with Gasteiger partial charge in [-0.2, -0.15) is 0 Å². The van der Waals surface area contributed by atoms with E-state index in [1.807, 2.05) is 32.6 Å². The van der Waals surface area contributed by atoms with Crippen molar-refractivity contribution >= 4 is 11.8 Å². The Labute approximate surface area is 109 Å². The van der Waals surface area contributed by atoms with Crippen molar-refractivity contribution in [3.05, 3.63) is 0 Å². The van der Waals surface area contributed by atoms with Crippen molar-refractivity contribution in [2.45, 2.75) is 64.5 Å². The Hall–Kier alpha value is -1.06. The molecule has 0 aromatic rings. The molecule has 1 saturated heterocycles. The van der Waals surface area contributed by atoms with Crippen molar-refractivity contribution in [1.29, 1.82) is 0 Å². The minimum absolute atomic E-state index is 0.0309. The third-order valence-corrected chi connectivity index (χ3v) is 4.88. The first kappa shape index (κ1) is 13.4. The molecule has 0 spiro atoms. The lowest BCUT2D eigenvalue weighted by molar-refractivity contribution is -0.164. The van der Waals surface area contributed by atoms with Gasteiger partial charge in [-0.3, -0.25) is 9.59 Å². The van der Waals surface area contributed by atoms with Crippen molar-refractivity contribution < 1.29 is 9.59 Å². The fourth-order valence-corrected chi connectivity index (χ4v) is 3.34. The predicted octanol–water partition coefficient (Wildman–Crippen LogP) is 1.69. The number of carbonyl (C=O) groups excluding carboxylic acids is 2. The normalized spacial score (nSPS) is 31.4. The summed E-state index contributed by atoms with van der Waals surface area (Å²) >= 11 is 0. The Kier molecular flexibility index (Phi) is 3.16. The molecule has 18 heavy (non-hydrogen) atoms. The molecule has 1 unspecified atom stereocenters. The van der Waals surface area contributed by atoms with E-state index in [1.165, 1.54) is 0 Å². The van der Waals surface area contributed by atoms with Crippen molar-refractivity contribution in [3.63, 3.8) is 0 Å². The molecule has 2 fully saturated rings. The molecular formula is C14H24N2O2. The van der Waals surface area contributed by atoms with Crippen LogP contribution < -0.4 is 5.32 Å². The quantitative estimate of drug-likeness (QED) is 0.827. The second kappa shape index (κ2) is 4.25. The van der Waals surface area contributed by atoms with Crippen LogP contribution >= 0.6 is 0 Å². The van der Waals surface area contributed by atoms with Gasteiger partial charge >= 0.3 is 0 Å². The van der Waals surface area contributed by atoms with E-state index in [-0.39, 0.29) is 11.8 Å². The number of likely N-dealkylation sites (N-methyl/N-ethyl adjacent to an activating group) is 1. The molecular weight excluding hydrogens is 228 g/mol. The van der Waals surface area contributed by atoms with Gasteiger partial charge in [0.1, 0.15) is 11.1 Å². The average Bonchev–Trinajstić information content (AvgIpc) is 3.18. The number of hydrogen-bond acceptors (Lipinski definition) is 2. The summed E-state index contributed by atoms with van der Waals surface area (Å²) in [5.41, 5.74) is -1.30. The van der Waals surface area contributed by atoms with E-state index in [0.717, 1.165) is 12.8 Å². The van der Waals surface area contributed by atoms with Crippen LogP contribution in [0.15, 0.2) is 0 Å². The minimum Gasteiger partial charge on any atom is -0.340 e. The van der Waals surface area contributed by atoms with Gasteiger partial charge in [-0.25, -0.2) is 0 Å². The molecule has 0 aromatic carbocycles. The van der Waals surface area contributed by atoms with Crippen molar-refractivity contribution in [2.24, 2.45) is 5.92 Å². The van der Waals surface area contributed by atoms with E-state index in [9.17, 15) is 9.59 Å². The Balaban J connectivity index is 2.40. The second-order valence-corrected chi connectivity index (χ2v) is 5.72. The van der Waals surface area contributed by atoms with Gasteiger partial charge in [0.25, 0.3) is 0 Å². The molecule has 1 aliphatic carbocycles. The highest BCUT2D eigenvalue weighted by atomic mass is 16.2. The number of piperazine rings is 1. The lowest BCUT2D eigenvalue weighted by atomic mass is 9.80. The van der Waals surface area contributed by atoms with E-state index in [4.69, 9.17) is 0 Å². The zero-order valence-corrected chi connectivity index (χ0v) is 11.9. The number of hydrogen-bond donors (Lipinski definition) is 1. The van der Waals surface area contributed by atoms with Crippen LogP contribution in [0.1, 0.15) is 53.4 Å². The van der Waals surface area contributed by atoms with Gasteiger partial charge in [0.2, 0.25) is 11.8 Å². The van der Waals surface area contributed by atoms with Crippen LogP contribution in [0.25, 0.3) is 0 Å². The van der Waals surface area contributed by atoms with E-state index in [1.54, 1.807) is 0 Å². The van der Waals surface area contributed by atoms with E-state index in [2.05, 4.69) is 5.32 Å². The smallest absolute Gasteiger partial charge is 0.249 e. The molecule has 2 rings (SSSR count).